The van der Waals surface area contributed by atoms with E-state index in [-0.39, 0.29) is 0 Å². The molecule has 0 saturated heterocycles. The van der Waals surface area contributed by atoms with E-state index in [2.05, 4.69) is 60.1 Å². The Morgan fingerprint density at radius 1 is 1.05 bits per heavy atom. The molecule has 1 aromatic carbocycles. The molecule has 3 heteroatoms. The van der Waals surface area contributed by atoms with Gasteiger partial charge in [-0.05, 0) is 35.7 Å². The minimum Gasteiger partial charge on any atom is -0.260 e. The molecule has 1 aliphatic rings. The van der Waals surface area contributed by atoms with Crippen LogP contribution in [0.4, 0.5) is 0 Å². The van der Waals surface area contributed by atoms with Crippen LogP contribution in [0, 0.1) is 6.92 Å². The molecule has 2 heterocycles. The molecular formula is C18H16N3+. The van der Waals surface area contributed by atoms with Crippen LogP contribution in [0.25, 0.3) is 22.6 Å². The highest BCUT2D eigenvalue weighted by molar-refractivity contribution is 5.72. The second-order valence-corrected chi connectivity index (χ2v) is 5.54. The van der Waals surface area contributed by atoms with Crippen LogP contribution in [0.1, 0.15) is 16.8 Å². The molecule has 0 atom stereocenters. The summed E-state index contributed by atoms with van der Waals surface area (Å²) in [6.07, 6.45) is 4.92. The molecule has 1 aliphatic carbocycles. The third kappa shape index (κ3) is 1.85. The number of aryl methyl sites for hydroxylation is 2. The van der Waals surface area contributed by atoms with Gasteiger partial charge in [0.25, 0.3) is 0 Å². The van der Waals surface area contributed by atoms with E-state index in [1.807, 2.05) is 12.3 Å². The van der Waals surface area contributed by atoms with Gasteiger partial charge >= 0.3 is 5.82 Å². The van der Waals surface area contributed by atoms with E-state index in [1.54, 1.807) is 0 Å². The van der Waals surface area contributed by atoms with Crippen molar-refractivity contribution in [1.29, 1.82) is 0 Å². The van der Waals surface area contributed by atoms with Crippen LogP contribution in [0.3, 0.4) is 0 Å². The summed E-state index contributed by atoms with van der Waals surface area (Å²) in [5.41, 5.74) is 7.05. The third-order valence-electron chi connectivity index (χ3n) is 4.09. The van der Waals surface area contributed by atoms with Gasteiger partial charge in [0.2, 0.25) is 0 Å². The first-order valence-corrected chi connectivity index (χ1v) is 7.14. The zero-order valence-corrected chi connectivity index (χ0v) is 12.2. The van der Waals surface area contributed by atoms with Crippen molar-refractivity contribution in [2.45, 2.75) is 13.3 Å². The average molecular weight is 274 g/mol. The zero-order valence-electron chi connectivity index (χ0n) is 12.2. The second kappa shape index (κ2) is 4.48. The highest BCUT2D eigenvalue weighted by Gasteiger charge is 2.29. The van der Waals surface area contributed by atoms with Crippen molar-refractivity contribution in [2.75, 3.05) is 0 Å². The Kier molecular flexibility index (Phi) is 2.61. The molecule has 0 amide bonds. The van der Waals surface area contributed by atoms with Gasteiger partial charge in [0.1, 0.15) is 0 Å². The molecule has 102 valence electrons. The molecule has 0 aliphatic heterocycles. The summed E-state index contributed by atoms with van der Waals surface area (Å²) >= 11 is 0. The topological polar surface area (TPSA) is 29.7 Å². The van der Waals surface area contributed by atoms with Gasteiger partial charge in [0.15, 0.2) is 5.69 Å². The maximum Gasteiger partial charge on any atom is 0.331 e. The lowest BCUT2D eigenvalue weighted by Gasteiger charge is -2.04. The zero-order chi connectivity index (χ0) is 14.4. The highest BCUT2D eigenvalue weighted by Crippen LogP contribution is 2.34. The van der Waals surface area contributed by atoms with E-state index in [0.29, 0.717) is 0 Å². The molecule has 0 bridgehead atoms. The van der Waals surface area contributed by atoms with Crippen molar-refractivity contribution in [1.82, 2.24) is 9.97 Å². The minimum absolute atomic E-state index is 0.875. The molecule has 2 aromatic heterocycles. The maximum atomic E-state index is 4.95. The molecule has 3 nitrogen and oxygen atoms in total. The molecule has 0 fully saturated rings. The van der Waals surface area contributed by atoms with Crippen molar-refractivity contribution >= 4 is 0 Å². The van der Waals surface area contributed by atoms with E-state index in [9.17, 15) is 0 Å². The molecule has 21 heavy (non-hydrogen) atoms. The summed E-state index contributed by atoms with van der Waals surface area (Å²) in [6.45, 7) is 2.12. The van der Waals surface area contributed by atoms with Gasteiger partial charge < -0.3 is 0 Å². The first kappa shape index (κ1) is 12.2. The molecule has 3 aromatic rings. The fourth-order valence-electron chi connectivity index (χ4n) is 3.02. The Morgan fingerprint density at radius 3 is 2.71 bits per heavy atom. The summed E-state index contributed by atoms with van der Waals surface area (Å²) in [7, 11) is 2.06. The maximum absolute atomic E-state index is 4.95. The normalized spacial score (nSPS) is 12.1. The highest BCUT2D eigenvalue weighted by atomic mass is 15.0. The van der Waals surface area contributed by atoms with Crippen LogP contribution in [-0.2, 0) is 13.5 Å². The lowest BCUT2D eigenvalue weighted by atomic mass is 10.1. The van der Waals surface area contributed by atoms with E-state index >= 15 is 0 Å². The molecular weight excluding hydrogens is 258 g/mol. The van der Waals surface area contributed by atoms with E-state index in [0.717, 1.165) is 23.6 Å². The molecule has 0 radical (unpaired) electrons. The number of fused-ring (bicyclic) bond motifs is 3. The van der Waals surface area contributed by atoms with Crippen LogP contribution in [0.2, 0.25) is 0 Å². The largest absolute Gasteiger partial charge is 0.331 e. The summed E-state index contributed by atoms with van der Waals surface area (Å²) in [5, 5.41) is 0. The number of hydrogen-bond donors (Lipinski definition) is 0. The average Bonchev–Trinajstić information content (AvgIpc) is 2.84. The van der Waals surface area contributed by atoms with Gasteiger partial charge in [-0.1, -0.05) is 18.2 Å². The molecule has 0 N–H and O–H groups in total. The van der Waals surface area contributed by atoms with Crippen molar-refractivity contribution < 1.29 is 4.57 Å². The third-order valence-corrected chi connectivity index (χ3v) is 4.09. The molecule has 0 saturated carbocycles. The number of aromatic nitrogens is 3. The van der Waals surface area contributed by atoms with Crippen LogP contribution in [-0.4, -0.2) is 9.97 Å². The first-order chi connectivity index (χ1) is 10.2. The van der Waals surface area contributed by atoms with Crippen molar-refractivity contribution in [3.05, 3.63) is 65.6 Å². The Labute approximate surface area is 124 Å². The molecule has 0 spiro atoms. The Bertz CT molecular complexity index is 853. The van der Waals surface area contributed by atoms with Crippen molar-refractivity contribution in [2.24, 2.45) is 7.05 Å². The predicted octanol–water partition coefficient (Wildman–Crippen LogP) is 2.85. The lowest BCUT2D eigenvalue weighted by molar-refractivity contribution is -0.663. The van der Waals surface area contributed by atoms with Gasteiger partial charge in [-0.2, -0.15) is 0 Å². The standard InChI is InChI=1S/C18H16N3/c1-12-6-3-4-7-14(12)18-20-17-13(11-21(18)2)10-16-15(17)8-5-9-19-16/h3-9,11H,10H2,1-2H3/q+1. The van der Waals surface area contributed by atoms with Crippen LogP contribution in [0.15, 0.2) is 48.8 Å². The number of benzene rings is 1. The van der Waals surface area contributed by atoms with E-state index in [4.69, 9.17) is 4.98 Å². The van der Waals surface area contributed by atoms with Gasteiger partial charge in [-0.25, -0.2) is 4.57 Å². The monoisotopic (exact) mass is 274 g/mol. The number of pyridine rings is 1. The smallest absolute Gasteiger partial charge is 0.260 e. The van der Waals surface area contributed by atoms with Crippen molar-refractivity contribution in [3.8, 4) is 22.6 Å². The Balaban J connectivity index is 1.96. The van der Waals surface area contributed by atoms with Gasteiger partial charge in [-0.15, -0.1) is 0 Å². The summed E-state index contributed by atoms with van der Waals surface area (Å²) in [6, 6.07) is 12.5. The van der Waals surface area contributed by atoms with Crippen LogP contribution in [0.5, 0.6) is 0 Å². The first-order valence-electron chi connectivity index (χ1n) is 7.14. The fourth-order valence-corrected chi connectivity index (χ4v) is 3.02. The van der Waals surface area contributed by atoms with E-state index in [1.165, 1.54) is 22.3 Å². The Hall–Kier alpha value is -2.55. The fraction of sp³-hybridized carbons (Fsp3) is 0.167. The summed E-state index contributed by atoms with van der Waals surface area (Å²) < 4.78 is 2.12. The number of rotatable bonds is 1. The van der Waals surface area contributed by atoms with Crippen LogP contribution < -0.4 is 4.57 Å². The second-order valence-electron chi connectivity index (χ2n) is 5.54. The summed E-state index contributed by atoms with van der Waals surface area (Å²) in [4.78, 5) is 9.42. The number of hydrogen-bond acceptors (Lipinski definition) is 2. The van der Waals surface area contributed by atoms with Crippen LogP contribution >= 0.6 is 0 Å². The quantitative estimate of drug-likeness (QED) is 0.500. The molecule has 0 unspecified atom stereocenters. The van der Waals surface area contributed by atoms with Gasteiger partial charge in [0.05, 0.1) is 24.5 Å². The van der Waals surface area contributed by atoms with Gasteiger partial charge in [0, 0.05) is 23.7 Å². The summed E-state index contributed by atoms with van der Waals surface area (Å²) in [5.74, 6) is 1.00. The molecule has 4 rings (SSSR count). The van der Waals surface area contributed by atoms with E-state index < -0.39 is 0 Å². The van der Waals surface area contributed by atoms with Crippen molar-refractivity contribution in [3.63, 3.8) is 0 Å². The predicted molar refractivity (Wildman–Crippen MR) is 81.6 cm³/mol. The Morgan fingerprint density at radius 2 is 1.86 bits per heavy atom. The van der Waals surface area contributed by atoms with Gasteiger partial charge in [-0.3, -0.25) is 4.98 Å². The SMILES string of the molecule is Cc1ccccc1-c1nc2c(c[n+]1C)Cc1ncccc1-2. The minimum atomic E-state index is 0.875. The number of nitrogens with zero attached hydrogens (tertiary/aromatic N) is 3. The lowest BCUT2D eigenvalue weighted by Crippen LogP contribution is -2.33.